The summed E-state index contributed by atoms with van der Waals surface area (Å²) in [7, 11) is 1.67. The van der Waals surface area contributed by atoms with Crippen LogP contribution in [0.4, 0.5) is 5.69 Å². The molecule has 6 nitrogen and oxygen atoms in total. The number of methoxy groups -OCH3 is 1. The minimum Gasteiger partial charge on any atom is -0.497 e. The van der Waals surface area contributed by atoms with E-state index >= 15 is 0 Å². The second-order valence-electron chi connectivity index (χ2n) is 7.33. The summed E-state index contributed by atoms with van der Waals surface area (Å²) < 4.78 is 16.7. The molecule has 6 heteroatoms. The molecule has 2 aromatic carbocycles. The van der Waals surface area contributed by atoms with E-state index < -0.39 is 0 Å². The smallest absolute Gasteiger partial charge is 0.246 e. The molecule has 0 saturated carbocycles. The number of nitrogens with zero attached hydrogens (tertiary/aromatic N) is 2. The molecule has 0 spiro atoms. The summed E-state index contributed by atoms with van der Waals surface area (Å²) in [5.41, 5.74) is 2.06. The molecule has 0 bridgehead atoms. The third kappa shape index (κ3) is 6.17. The zero-order chi connectivity index (χ0) is 22.1. The molecule has 1 aliphatic rings. The average molecular weight is 425 g/mol. The molecule has 1 saturated heterocycles. The highest BCUT2D eigenvalue weighted by Gasteiger charge is 2.20. The third-order valence-electron chi connectivity index (χ3n) is 5.18. The van der Waals surface area contributed by atoms with Crippen LogP contribution in [0.1, 0.15) is 25.8 Å². The maximum absolute atomic E-state index is 12.7. The monoisotopic (exact) mass is 424 g/mol. The summed E-state index contributed by atoms with van der Waals surface area (Å²) in [6, 6.07) is 13.8. The lowest BCUT2D eigenvalue weighted by Gasteiger charge is -2.35. The summed E-state index contributed by atoms with van der Waals surface area (Å²) >= 11 is 0. The highest BCUT2D eigenvalue weighted by Crippen LogP contribution is 2.29. The Balaban J connectivity index is 1.57. The van der Waals surface area contributed by atoms with Crippen LogP contribution in [0, 0.1) is 0 Å². The molecule has 2 aromatic rings. The number of ether oxygens (including phenoxy) is 3. The lowest BCUT2D eigenvalue weighted by atomic mass is 10.1. The van der Waals surface area contributed by atoms with Crippen LogP contribution in [0.5, 0.6) is 17.2 Å². The highest BCUT2D eigenvalue weighted by molar-refractivity contribution is 5.92. The Kier molecular flexibility index (Phi) is 8.21. The number of benzene rings is 2. The number of hydrogen-bond donors (Lipinski definition) is 0. The van der Waals surface area contributed by atoms with Crippen LogP contribution in [0.3, 0.4) is 0 Å². The average Bonchev–Trinajstić information content (AvgIpc) is 2.82. The molecule has 0 atom stereocenters. The normalized spacial score (nSPS) is 14.0. The van der Waals surface area contributed by atoms with Gasteiger partial charge < -0.3 is 24.0 Å². The quantitative estimate of drug-likeness (QED) is 0.564. The number of carbonyl (C=O) groups excluding carboxylic acids is 1. The second kappa shape index (κ2) is 11.3. The van der Waals surface area contributed by atoms with Gasteiger partial charge in [0.15, 0.2) is 11.5 Å². The molecule has 3 rings (SSSR count). The van der Waals surface area contributed by atoms with E-state index in [1.54, 1.807) is 13.2 Å². The number of amides is 1. The van der Waals surface area contributed by atoms with Gasteiger partial charge in [0.1, 0.15) is 5.75 Å². The van der Waals surface area contributed by atoms with Crippen molar-refractivity contribution in [3.8, 4) is 17.2 Å². The van der Waals surface area contributed by atoms with Crippen molar-refractivity contribution in [1.29, 1.82) is 0 Å². The first-order chi connectivity index (χ1) is 15.1. The van der Waals surface area contributed by atoms with Crippen molar-refractivity contribution < 1.29 is 19.0 Å². The maximum Gasteiger partial charge on any atom is 0.246 e. The topological polar surface area (TPSA) is 51.2 Å². The molecule has 166 valence electrons. The van der Waals surface area contributed by atoms with E-state index in [4.69, 9.17) is 14.2 Å². The Bertz CT molecular complexity index is 872. The van der Waals surface area contributed by atoms with Gasteiger partial charge in [0, 0.05) is 37.9 Å². The van der Waals surface area contributed by atoms with Gasteiger partial charge in [-0.1, -0.05) is 13.0 Å². The van der Waals surface area contributed by atoms with Crippen LogP contribution >= 0.6 is 0 Å². The van der Waals surface area contributed by atoms with Gasteiger partial charge in [-0.2, -0.15) is 0 Å². The lowest BCUT2D eigenvalue weighted by Crippen LogP contribution is -2.48. The number of anilines is 1. The molecule has 0 aliphatic carbocycles. The Morgan fingerprint density at radius 2 is 1.71 bits per heavy atom. The van der Waals surface area contributed by atoms with Gasteiger partial charge in [-0.3, -0.25) is 4.79 Å². The number of piperazine rings is 1. The standard InChI is InChI=1S/C25H32N2O4/c1-4-18-31-23-12-6-20(19-24(23)30-5-2)7-13-25(28)27-16-14-26(15-17-27)21-8-10-22(29-3)11-9-21/h6-13,19H,4-5,14-18H2,1-3H3/b13-7+. The van der Waals surface area contributed by atoms with E-state index in [1.165, 1.54) is 0 Å². The Morgan fingerprint density at radius 1 is 0.968 bits per heavy atom. The van der Waals surface area contributed by atoms with Gasteiger partial charge in [-0.05, 0) is 61.4 Å². The van der Waals surface area contributed by atoms with Gasteiger partial charge in [0.25, 0.3) is 0 Å². The molecule has 0 N–H and O–H groups in total. The van der Waals surface area contributed by atoms with Crippen molar-refractivity contribution in [2.75, 3.05) is 51.4 Å². The molecular formula is C25H32N2O4. The second-order valence-corrected chi connectivity index (χ2v) is 7.33. The Labute approximate surface area is 185 Å². The van der Waals surface area contributed by atoms with Gasteiger partial charge >= 0.3 is 0 Å². The SMILES string of the molecule is CCCOc1ccc(/C=C/C(=O)N2CCN(c3ccc(OC)cc3)CC2)cc1OCC. The maximum atomic E-state index is 12.7. The summed E-state index contributed by atoms with van der Waals surface area (Å²) in [5, 5.41) is 0. The molecule has 1 fully saturated rings. The zero-order valence-electron chi connectivity index (χ0n) is 18.7. The van der Waals surface area contributed by atoms with Gasteiger partial charge in [-0.25, -0.2) is 0 Å². The molecule has 0 aromatic heterocycles. The molecule has 1 amide bonds. The summed E-state index contributed by atoms with van der Waals surface area (Å²) in [4.78, 5) is 16.8. The lowest BCUT2D eigenvalue weighted by molar-refractivity contribution is -0.126. The molecular weight excluding hydrogens is 392 g/mol. The largest absolute Gasteiger partial charge is 0.497 e. The predicted molar refractivity (Wildman–Crippen MR) is 124 cm³/mol. The predicted octanol–water partition coefficient (Wildman–Crippen LogP) is 4.24. The number of hydrogen-bond acceptors (Lipinski definition) is 5. The van der Waals surface area contributed by atoms with Crippen LogP contribution in [-0.2, 0) is 4.79 Å². The van der Waals surface area contributed by atoms with Crippen molar-refractivity contribution in [2.45, 2.75) is 20.3 Å². The van der Waals surface area contributed by atoms with Gasteiger partial charge in [0.2, 0.25) is 5.91 Å². The van der Waals surface area contributed by atoms with E-state index in [0.29, 0.717) is 32.1 Å². The van der Waals surface area contributed by atoms with Crippen LogP contribution in [0.25, 0.3) is 6.08 Å². The minimum atomic E-state index is 0.0265. The number of rotatable bonds is 9. The summed E-state index contributed by atoms with van der Waals surface area (Å²) in [6.45, 7) is 8.24. The fourth-order valence-electron chi connectivity index (χ4n) is 3.48. The molecule has 0 unspecified atom stereocenters. The van der Waals surface area contributed by atoms with Crippen LogP contribution < -0.4 is 19.1 Å². The van der Waals surface area contributed by atoms with Crippen molar-refractivity contribution in [3.63, 3.8) is 0 Å². The first-order valence-electron chi connectivity index (χ1n) is 10.9. The highest BCUT2D eigenvalue weighted by atomic mass is 16.5. The van der Waals surface area contributed by atoms with E-state index in [-0.39, 0.29) is 5.91 Å². The van der Waals surface area contributed by atoms with Crippen LogP contribution in [0.15, 0.2) is 48.5 Å². The first kappa shape index (κ1) is 22.5. The van der Waals surface area contributed by atoms with Gasteiger partial charge in [0.05, 0.1) is 20.3 Å². The molecule has 0 radical (unpaired) electrons. The van der Waals surface area contributed by atoms with Crippen molar-refractivity contribution in [3.05, 3.63) is 54.1 Å². The third-order valence-corrected chi connectivity index (χ3v) is 5.18. The van der Waals surface area contributed by atoms with E-state index in [0.717, 1.165) is 42.3 Å². The van der Waals surface area contributed by atoms with Crippen LogP contribution in [0.2, 0.25) is 0 Å². The van der Waals surface area contributed by atoms with E-state index in [2.05, 4.69) is 24.0 Å². The minimum absolute atomic E-state index is 0.0265. The van der Waals surface area contributed by atoms with Crippen molar-refractivity contribution in [2.24, 2.45) is 0 Å². The van der Waals surface area contributed by atoms with Crippen LogP contribution in [-0.4, -0.2) is 57.3 Å². The van der Waals surface area contributed by atoms with Gasteiger partial charge in [-0.15, -0.1) is 0 Å². The fourth-order valence-corrected chi connectivity index (χ4v) is 3.48. The van der Waals surface area contributed by atoms with Crippen molar-refractivity contribution in [1.82, 2.24) is 4.90 Å². The Hall–Kier alpha value is -3.15. The fraction of sp³-hybridized carbons (Fsp3) is 0.400. The summed E-state index contributed by atoms with van der Waals surface area (Å²) in [6.07, 6.45) is 4.42. The molecule has 1 heterocycles. The van der Waals surface area contributed by atoms with Crippen molar-refractivity contribution >= 4 is 17.7 Å². The number of carbonyl (C=O) groups is 1. The van der Waals surface area contributed by atoms with E-state index in [1.807, 2.05) is 48.2 Å². The first-order valence-corrected chi connectivity index (χ1v) is 10.9. The van der Waals surface area contributed by atoms with E-state index in [9.17, 15) is 4.79 Å². The molecule has 31 heavy (non-hydrogen) atoms. The Morgan fingerprint density at radius 3 is 2.35 bits per heavy atom. The molecule has 1 aliphatic heterocycles. The summed E-state index contributed by atoms with van der Waals surface area (Å²) in [5.74, 6) is 2.32. The zero-order valence-corrected chi connectivity index (χ0v) is 18.7.